The van der Waals surface area contributed by atoms with Crippen molar-refractivity contribution in [3.63, 3.8) is 0 Å². The molecule has 0 bridgehead atoms. The molecule has 2 rings (SSSR count). The van der Waals surface area contributed by atoms with Crippen molar-refractivity contribution in [2.75, 3.05) is 31.7 Å². The van der Waals surface area contributed by atoms with Crippen LogP contribution in [0.4, 0.5) is 5.69 Å². The fourth-order valence-electron chi connectivity index (χ4n) is 2.54. The summed E-state index contributed by atoms with van der Waals surface area (Å²) < 4.78 is 5.24. The molecule has 0 spiro atoms. The van der Waals surface area contributed by atoms with Gasteiger partial charge in [-0.2, -0.15) is 0 Å². The predicted molar refractivity (Wildman–Crippen MR) is 68.0 cm³/mol. The van der Waals surface area contributed by atoms with Crippen LogP contribution >= 0.6 is 0 Å². The van der Waals surface area contributed by atoms with Crippen LogP contribution in [-0.2, 0) is 11.2 Å². The maximum atomic E-state index is 5.24. The second kappa shape index (κ2) is 5.35. The Morgan fingerprint density at radius 1 is 1.38 bits per heavy atom. The number of hydrogen-bond acceptors (Lipinski definition) is 2. The van der Waals surface area contributed by atoms with E-state index in [1.807, 2.05) is 0 Å². The van der Waals surface area contributed by atoms with Gasteiger partial charge in [-0.1, -0.05) is 25.1 Å². The number of rotatable bonds is 4. The van der Waals surface area contributed by atoms with E-state index in [0.29, 0.717) is 5.92 Å². The molecule has 0 amide bonds. The first-order valence-corrected chi connectivity index (χ1v) is 6.17. The molecular weight excluding hydrogens is 198 g/mol. The van der Waals surface area contributed by atoms with Crippen LogP contribution in [0.3, 0.4) is 0 Å². The van der Waals surface area contributed by atoms with Gasteiger partial charge in [-0.05, 0) is 24.5 Å². The van der Waals surface area contributed by atoms with E-state index in [9.17, 15) is 0 Å². The zero-order valence-corrected chi connectivity index (χ0v) is 10.3. The molecule has 1 aliphatic heterocycles. The van der Waals surface area contributed by atoms with Gasteiger partial charge in [0.05, 0.1) is 6.61 Å². The van der Waals surface area contributed by atoms with Gasteiger partial charge in [0.1, 0.15) is 0 Å². The summed E-state index contributed by atoms with van der Waals surface area (Å²) in [6, 6.07) is 8.75. The van der Waals surface area contributed by atoms with Gasteiger partial charge in [-0.3, -0.25) is 0 Å². The molecule has 1 aromatic carbocycles. The Bertz CT molecular complexity index is 337. The van der Waals surface area contributed by atoms with E-state index in [1.165, 1.54) is 24.2 Å². The van der Waals surface area contributed by atoms with Crippen molar-refractivity contribution in [1.29, 1.82) is 0 Å². The molecule has 0 radical (unpaired) electrons. The molecule has 1 aliphatic rings. The first-order valence-electron chi connectivity index (χ1n) is 6.17. The summed E-state index contributed by atoms with van der Waals surface area (Å²) in [7, 11) is 1.79. The SMILES string of the molecule is CCc1ccccc1N1CCC(COC)C1. The zero-order chi connectivity index (χ0) is 11.4. The topological polar surface area (TPSA) is 12.5 Å². The second-order valence-corrected chi connectivity index (χ2v) is 4.54. The number of ether oxygens (including phenoxy) is 1. The summed E-state index contributed by atoms with van der Waals surface area (Å²) in [6.45, 7) is 5.43. The molecule has 2 heteroatoms. The van der Waals surface area contributed by atoms with Gasteiger partial charge in [0, 0.05) is 31.8 Å². The van der Waals surface area contributed by atoms with Crippen LogP contribution < -0.4 is 4.90 Å². The molecular formula is C14H21NO. The average molecular weight is 219 g/mol. The van der Waals surface area contributed by atoms with E-state index in [1.54, 1.807) is 7.11 Å². The number of methoxy groups -OCH3 is 1. The molecule has 0 aliphatic carbocycles. The van der Waals surface area contributed by atoms with Gasteiger partial charge < -0.3 is 9.64 Å². The lowest BCUT2D eigenvalue weighted by atomic mass is 10.1. The number of aryl methyl sites for hydroxylation is 1. The molecule has 0 N–H and O–H groups in total. The highest BCUT2D eigenvalue weighted by molar-refractivity contribution is 5.54. The van der Waals surface area contributed by atoms with Crippen molar-refractivity contribution < 1.29 is 4.74 Å². The zero-order valence-electron chi connectivity index (χ0n) is 10.3. The predicted octanol–water partition coefficient (Wildman–Crippen LogP) is 2.72. The molecule has 1 unspecified atom stereocenters. The van der Waals surface area contributed by atoms with Crippen LogP contribution in [0.2, 0.25) is 0 Å². The van der Waals surface area contributed by atoms with Gasteiger partial charge >= 0.3 is 0 Å². The Morgan fingerprint density at radius 3 is 2.94 bits per heavy atom. The maximum absolute atomic E-state index is 5.24. The molecule has 1 aromatic rings. The van der Waals surface area contributed by atoms with Crippen LogP contribution in [0.25, 0.3) is 0 Å². The molecule has 0 saturated carbocycles. The van der Waals surface area contributed by atoms with E-state index in [2.05, 4.69) is 36.1 Å². The summed E-state index contributed by atoms with van der Waals surface area (Å²) in [4.78, 5) is 2.50. The van der Waals surface area contributed by atoms with Crippen LogP contribution in [0.15, 0.2) is 24.3 Å². The third kappa shape index (κ3) is 2.38. The first-order chi connectivity index (χ1) is 7.85. The van der Waals surface area contributed by atoms with Crippen LogP contribution in [0.5, 0.6) is 0 Å². The van der Waals surface area contributed by atoms with Gasteiger partial charge in [0.15, 0.2) is 0 Å². The van der Waals surface area contributed by atoms with E-state index in [0.717, 1.165) is 19.6 Å². The lowest BCUT2D eigenvalue weighted by Gasteiger charge is -2.21. The molecule has 88 valence electrons. The van der Waals surface area contributed by atoms with Gasteiger partial charge in [0.2, 0.25) is 0 Å². The number of hydrogen-bond donors (Lipinski definition) is 0. The van der Waals surface area contributed by atoms with Gasteiger partial charge in [0.25, 0.3) is 0 Å². The summed E-state index contributed by atoms with van der Waals surface area (Å²) in [5, 5.41) is 0. The van der Waals surface area contributed by atoms with Crippen LogP contribution in [-0.4, -0.2) is 26.8 Å². The van der Waals surface area contributed by atoms with E-state index >= 15 is 0 Å². The monoisotopic (exact) mass is 219 g/mol. The first kappa shape index (κ1) is 11.5. The lowest BCUT2D eigenvalue weighted by molar-refractivity contribution is 0.161. The Hall–Kier alpha value is -1.02. The largest absolute Gasteiger partial charge is 0.384 e. The number of para-hydroxylation sites is 1. The van der Waals surface area contributed by atoms with Crippen molar-refractivity contribution in [2.45, 2.75) is 19.8 Å². The average Bonchev–Trinajstić information content (AvgIpc) is 2.78. The van der Waals surface area contributed by atoms with Crippen LogP contribution in [0.1, 0.15) is 18.9 Å². The van der Waals surface area contributed by atoms with E-state index in [-0.39, 0.29) is 0 Å². The standard InChI is InChI=1S/C14H21NO/c1-3-13-6-4-5-7-14(13)15-9-8-12(10-15)11-16-2/h4-7,12H,3,8-11H2,1-2H3. The van der Waals surface area contributed by atoms with E-state index < -0.39 is 0 Å². The lowest BCUT2D eigenvalue weighted by Crippen LogP contribution is -2.22. The Labute approximate surface area is 98.2 Å². The van der Waals surface area contributed by atoms with Gasteiger partial charge in [-0.25, -0.2) is 0 Å². The minimum atomic E-state index is 0.704. The molecule has 1 heterocycles. The second-order valence-electron chi connectivity index (χ2n) is 4.54. The van der Waals surface area contributed by atoms with Gasteiger partial charge in [-0.15, -0.1) is 0 Å². The molecule has 1 atom stereocenters. The summed E-state index contributed by atoms with van der Waals surface area (Å²) in [5.74, 6) is 0.704. The Morgan fingerprint density at radius 2 is 2.19 bits per heavy atom. The smallest absolute Gasteiger partial charge is 0.0508 e. The summed E-state index contributed by atoms with van der Waals surface area (Å²) >= 11 is 0. The van der Waals surface area contributed by atoms with E-state index in [4.69, 9.17) is 4.74 Å². The highest BCUT2D eigenvalue weighted by Crippen LogP contribution is 2.27. The van der Waals surface area contributed by atoms with Crippen molar-refractivity contribution in [2.24, 2.45) is 5.92 Å². The van der Waals surface area contributed by atoms with Crippen molar-refractivity contribution in [3.05, 3.63) is 29.8 Å². The third-order valence-corrected chi connectivity index (χ3v) is 3.40. The highest BCUT2D eigenvalue weighted by atomic mass is 16.5. The third-order valence-electron chi connectivity index (χ3n) is 3.40. The fraction of sp³-hybridized carbons (Fsp3) is 0.571. The molecule has 0 aromatic heterocycles. The van der Waals surface area contributed by atoms with Crippen molar-refractivity contribution in [1.82, 2.24) is 0 Å². The normalized spacial score (nSPS) is 20.4. The maximum Gasteiger partial charge on any atom is 0.0508 e. The number of nitrogens with zero attached hydrogens (tertiary/aromatic N) is 1. The molecule has 2 nitrogen and oxygen atoms in total. The quantitative estimate of drug-likeness (QED) is 0.772. The molecule has 1 fully saturated rings. The minimum absolute atomic E-state index is 0.704. The van der Waals surface area contributed by atoms with Crippen molar-refractivity contribution in [3.8, 4) is 0 Å². The fourth-order valence-corrected chi connectivity index (χ4v) is 2.54. The molecule has 16 heavy (non-hydrogen) atoms. The van der Waals surface area contributed by atoms with Crippen LogP contribution in [0, 0.1) is 5.92 Å². The Balaban J connectivity index is 2.08. The number of benzene rings is 1. The highest BCUT2D eigenvalue weighted by Gasteiger charge is 2.23. The summed E-state index contributed by atoms with van der Waals surface area (Å²) in [5.41, 5.74) is 2.88. The number of anilines is 1. The summed E-state index contributed by atoms with van der Waals surface area (Å²) in [6.07, 6.45) is 2.37. The Kier molecular flexibility index (Phi) is 3.83. The van der Waals surface area contributed by atoms with Crippen molar-refractivity contribution >= 4 is 5.69 Å². The molecule has 1 saturated heterocycles. The minimum Gasteiger partial charge on any atom is -0.384 e.